The molecule has 20 heavy (non-hydrogen) atoms. The predicted molar refractivity (Wildman–Crippen MR) is 75.7 cm³/mol. The molecule has 0 N–H and O–H groups in total. The Labute approximate surface area is 120 Å². The first-order chi connectivity index (χ1) is 9.55. The van der Waals surface area contributed by atoms with Gasteiger partial charge < -0.3 is 14.2 Å². The number of hydrogen-bond acceptors (Lipinski definition) is 4. The van der Waals surface area contributed by atoms with Crippen molar-refractivity contribution in [3.8, 4) is 5.75 Å². The van der Waals surface area contributed by atoms with Gasteiger partial charge in [-0.05, 0) is 26.3 Å². The average molecular weight is 278 g/mol. The lowest BCUT2D eigenvalue weighted by Crippen LogP contribution is -2.33. The molecule has 1 aliphatic rings. The van der Waals surface area contributed by atoms with Crippen LogP contribution in [0.15, 0.2) is 24.3 Å². The standard InChI is InChI=1S/C16H22O4/c1-5-11-16(14(17)19-6-2)15(3,20-16)12-9-7-8-10-13(12)18-4/h7-10H,5-6,11H2,1-4H3. The number of epoxide rings is 1. The summed E-state index contributed by atoms with van der Waals surface area (Å²) < 4.78 is 16.5. The predicted octanol–water partition coefficient (Wildman–Crippen LogP) is 3.04. The Kier molecular flexibility index (Phi) is 4.04. The summed E-state index contributed by atoms with van der Waals surface area (Å²) in [5, 5.41) is 0. The van der Waals surface area contributed by atoms with Crippen LogP contribution in [0.1, 0.15) is 39.2 Å². The molecule has 110 valence electrons. The minimum absolute atomic E-state index is 0.282. The van der Waals surface area contributed by atoms with E-state index in [1.807, 2.05) is 38.1 Å². The zero-order valence-corrected chi connectivity index (χ0v) is 12.6. The fraction of sp³-hybridized carbons (Fsp3) is 0.562. The van der Waals surface area contributed by atoms with E-state index in [0.29, 0.717) is 13.0 Å². The first kappa shape index (κ1) is 14.9. The quantitative estimate of drug-likeness (QED) is 0.593. The topological polar surface area (TPSA) is 48.1 Å². The monoisotopic (exact) mass is 278 g/mol. The molecule has 1 fully saturated rings. The second-order valence-electron chi connectivity index (χ2n) is 5.13. The Morgan fingerprint density at radius 2 is 2.00 bits per heavy atom. The van der Waals surface area contributed by atoms with Crippen LogP contribution in [0.2, 0.25) is 0 Å². The van der Waals surface area contributed by atoms with Gasteiger partial charge in [0.1, 0.15) is 11.4 Å². The van der Waals surface area contributed by atoms with Crippen molar-refractivity contribution in [1.82, 2.24) is 0 Å². The van der Waals surface area contributed by atoms with Crippen LogP contribution in [0.3, 0.4) is 0 Å². The van der Waals surface area contributed by atoms with Crippen molar-refractivity contribution in [1.29, 1.82) is 0 Å². The van der Waals surface area contributed by atoms with Crippen LogP contribution < -0.4 is 4.74 Å². The van der Waals surface area contributed by atoms with Gasteiger partial charge in [-0.1, -0.05) is 31.5 Å². The SMILES string of the molecule is CCCC1(C(=O)OCC)OC1(C)c1ccccc1OC. The number of carbonyl (C=O) groups excluding carboxylic acids is 1. The lowest BCUT2D eigenvalue weighted by Gasteiger charge is -2.17. The van der Waals surface area contributed by atoms with Crippen LogP contribution in [0.25, 0.3) is 0 Å². The van der Waals surface area contributed by atoms with E-state index in [9.17, 15) is 4.79 Å². The number of para-hydroxylation sites is 1. The van der Waals surface area contributed by atoms with E-state index >= 15 is 0 Å². The molecular formula is C16H22O4. The highest BCUT2D eigenvalue weighted by atomic mass is 16.7. The molecule has 0 saturated carbocycles. The van der Waals surface area contributed by atoms with Gasteiger partial charge in [-0.25, -0.2) is 4.79 Å². The molecule has 0 aliphatic carbocycles. The zero-order chi connectivity index (χ0) is 14.8. The summed E-state index contributed by atoms with van der Waals surface area (Å²) in [5.41, 5.74) is -0.669. The van der Waals surface area contributed by atoms with Gasteiger partial charge in [0.15, 0.2) is 5.60 Å². The molecule has 1 saturated heterocycles. The van der Waals surface area contributed by atoms with Crippen molar-refractivity contribution in [2.24, 2.45) is 0 Å². The third-order valence-corrected chi connectivity index (χ3v) is 3.94. The first-order valence-electron chi connectivity index (χ1n) is 7.06. The fourth-order valence-corrected chi connectivity index (χ4v) is 2.86. The van der Waals surface area contributed by atoms with E-state index in [2.05, 4.69) is 0 Å². The highest BCUT2D eigenvalue weighted by molar-refractivity contribution is 5.85. The Hall–Kier alpha value is -1.55. The maximum atomic E-state index is 12.3. The second-order valence-corrected chi connectivity index (χ2v) is 5.13. The van der Waals surface area contributed by atoms with Crippen molar-refractivity contribution >= 4 is 5.97 Å². The Morgan fingerprint density at radius 3 is 2.60 bits per heavy atom. The average Bonchev–Trinajstić information content (AvgIpc) is 3.07. The van der Waals surface area contributed by atoms with E-state index < -0.39 is 11.2 Å². The maximum Gasteiger partial charge on any atom is 0.341 e. The Balaban J connectivity index is 2.38. The van der Waals surface area contributed by atoms with E-state index in [0.717, 1.165) is 17.7 Å². The number of ether oxygens (including phenoxy) is 3. The van der Waals surface area contributed by atoms with Gasteiger partial charge in [0.2, 0.25) is 0 Å². The smallest absolute Gasteiger partial charge is 0.341 e. The summed E-state index contributed by atoms with van der Waals surface area (Å²) in [6.07, 6.45) is 1.49. The van der Waals surface area contributed by atoms with Crippen molar-refractivity contribution in [2.45, 2.75) is 44.8 Å². The summed E-state index contributed by atoms with van der Waals surface area (Å²) in [4.78, 5) is 12.3. The van der Waals surface area contributed by atoms with E-state index in [1.165, 1.54) is 0 Å². The summed E-state index contributed by atoms with van der Waals surface area (Å²) in [7, 11) is 1.62. The zero-order valence-electron chi connectivity index (χ0n) is 12.6. The van der Waals surface area contributed by atoms with Crippen molar-refractivity contribution in [2.75, 3.05) is 13.7 Å². The van der Waals surface area contributed by atoms with Crippen molar-refractivity contribution < 1.29 is 19.0 Å². The minimum Gasteiger partial charge on any atom is -0.496 e. The molecular weight excluding hydrogens is 256 g/mol. The number of esters is 1. The summed E-state index contributed by atoms with van der Waals surface area (Å²) in [5.74, 6) is 0.451. The lowest BCUT2D eigenvalue weighted by molar-refractivity contribution is -0.149. The van der Waals surface area contributed by atoms with Crippen LogP contribution in [-0.2, 0) is 19.9 Å². The van der Waals surface area contributed by atoms with E-state index in [1.54, 1.807) is 14.0 Å². The molecule has 0 spiro atoms. The van der Waals surface area contributed by atoms with Crippen molar-refractivity contribution in [3.63, 3.8) is 0 Å². The molecule has 1 aromatic rings. The van der Waals surface area contributed by atoms with Crippen LogP contribution in [-0.4, -0.2) is 25.3 Å². The molecule has 0 radical (unpaired) electrons. The van der Waals surface area contributed by atoms with Gasteiger partial charge in [-0.15, -0.1) is 0 Å². The van der Waals surface area contributed by atoms with Crippen LogP contribution in [0.5, 0.6) is 5.75 Å². The lowest BCUT2D eigenvalue weighted by atomic mass is 9.84. The van der Waals surface area contributed by atoms with Gasteiger partial charge in [0.25, 0.3) is 0 Å². The van der Waals surface area contributed by atoms with Gasteiger partial charge in [-0.3, -0.25) is 0 Å². The summed E-state index contributed by atoms with van der Waals surface area (Å²) in [6.45, 7) is 6.12. The van der Waals surface area contributed by atoms with Crippen LogP contribution in [0.4, 0.5) is 0 Å². The number of benzene rings is 1. The molecule has 1 aromatic carbocycles. The normalized spacial score (nSPS) is 28.0. The molecule has 4 nitrogen and oxygen atoms in total. The molecule has 2 rings (SSSR count). The Bertz CT molecular complexity index is 499. The largest absolute Gasteiger partial charge is 0.496 e. The van der Waals surface area contributed by atoms with Gasteiger partial charge in [-0.2, -0.15) is 0 Å². The van der Waals surface area contributed by atoms with Gasteiger partial charge in [0, 0.05) is 5.56 Å². The second kappa shape index (κ2) is 5.44. The first-order valence-corrected chi connectivity index (χ1v) is 7.06. The number of hydrogen-bond donors (Lipinski definition) is 0. The Morgan fingerprint density at radius 1 is 1.30 bits per heavy atom. The molecule has 2 unspecified atom stereocenters. The molecule has 0 aromatic heterocycles. The van der Waals surface area contributed by atoms with E-state index in [4.69, 9.17) is 14.2 Å². The number of rotatable bonds is 6. The molecule has 2 atom stereocenters. The van der Waals surface area contributed by atoms with Crippen molar-refractivity contribution in [3.05, 3.63) is 29.8 Å². The third-order valence-electron chi connectivity index (χ3n) is 3.94. The van der Waals surface area contributed by atoms with Gasteiger partial charge in [0.05, 0.1) is 13.7 Å². The number of carbonyl (C=O) groups is 1. The highest BCUT2D eigenvalue weighted by Gasteiger charge is 2.73. The molecule has 1 aliphatic heterocycles. The summed E-state index contributed by atoms with van der Waals surface area (Å²) in [6, 6.07) is 7.65. The molecule has 1 heterocycles. The minimum atomic E-state index is -0.883. The number of methoxy groups -OCH3 is 1. The van der Waals surface area contributed by atoms with Crippen LogP contribution in [0, 0.1) is 0 Å². The van der Waals surface area contributed by atoms with Crippen LogP contribution >= 0.6 is 0 Å². The molecule has 0 bridgehead atoms. The highest BCUT2D eigenvalue weighted by Crippen LogP contribution is 2.60. The molecule has 4 heteroatoms. The van der Waals surface area contributed by atoms with Gasteiger partial charge >= 0.3 is 5.97 Å². The summed E-state index contributed by atoms with van der Waals surface area (Å²) >= 11 is 0. The fourth-order valence-electron chi connectivity index (χ4n) is 2.86. The third kappa shape index (κ3) is 2.08. The maximum absolute atomic E-state index is 12.3. The van der Waals surface area contributed by atoms with E-state index in [-0.39, 0.29) is 5.97 Å². The molecule has 0 amide bonds.